The van der Waals surface area contributed by atoms with Gasteiger partial charge in [-0.25, -0.2) is 14.3 Å². The van der Waals surface area contributed by atoms with Crippen LogP contribution in [-0.2, 0) is 17.5 Å². The van der Waals surface area contributed by atoms with Crippen LogP contribution >= 0.6 is 0 Å². The Morgan fingerprint density at radius 1 is 1.09 bits per heavy atom. The van der Waals surface area contributed by atoms with Crippen LogP contribution in [-0.4, -0.2) is 25.5 Å². The zero-order chi connectivity index (χ0) is 22.9. The van der Waals surface area contributed by atoms with Crippen molar-refractivity contribution in [1.29, 1.82) is 0 Å². The summed E-state index contributed by atoms with van der Waals surface area (Å²) in [5.74, 6) is -1.01. The van der Waals surface area contributed by atoms with Crippen molar-refractivity contribution in [2.45, 2.75) is 12.8 Å². The third kappa shape index (κ3) is 4.00. The second-order valence-electron chi connectivity index (χ2n) is 6.65. The van der Waals surface area contributed by atoms with Crippen LogP contribution in [0.4, 0.5) is 18.9 Å². The maximum absolute atomic E-state index is 13.6. The van der Waals surface area contributed by atoms with E-state index in [1.807, 2.05) is 0 Å². The minimum absolute atomic E-state index is 0.00123. The predicted molar refractivity (Wildman–Crippen MR) is 106 cm³/mol. The van der Waals surface area contributed by atoms with Gasteiger partial charge in [-0.05, 0) is 12.1 Å². The molecule has 0 unspecified atom stereocenters. The van der Waals surface area contributed by atoms with Gasteiger partial charge in [0, 0.05) is 11.6 Å². The van der Waals surface area contributed by atoms with Crippen LogP contribution in [0.1, 0.15) is 21.6 Å². The molecule has 0 aliphatic heterocycles. The highest BCUT2D eigenvalue weighted by Crippen LogP contribution is 2.33. The highest BCUT2D eigenvalue weighted by molar-refractivity contribution is 5.96. The largest absolute Gasteiger partial charge is 0.457 e. The number of esters is 1. The van der Waals surface area contributed by atoms with Crippen LogP contribution in [0.3, 0.4) is 0 Å². The molecule has 4 aromatic rings. The van der Waals surface area contributed by atoms with Gasteiger partial charge < -0.3 is 4.74 Å². The molecule has 0 spiro atoms. The lowest BCUT2D eigenvalue weighted by molar-refractivity contribution is -0.385. The number of nitro groups is 1. The monoisotopic (exact) mass is 442 g/mol. The molecule has 0 saturated heterocycles. The number of fused-ring (bicyclic) bond motifs is 1. The normalized spacial score (nSPS) is 11.5. The Bertz CT molecular complexity index is 1320. The Kier molecular flexibility index (Phi) is 5.31. The van der Waals surface area contributed by atoms with E-state index in [9.17, 15) is 28.1 Å². The summed E-state index contributed by atoms with van der Waals surface area (Å²) in [6, 6.07) is 14.7. The molecule has 0 atom stereocenters. The number of carbonyl (C=O) groups excluding carboxylic acids is 1. The fraction of sp³-hybridized carbons (Fsp3) is 0.0952. The Morgan fingerprint density at radius 2 is 1.78 bits per heavy atom. The number of alkyl halides is 3. The number of rotatable bonds is 5. The minimum Gasteiger partial charge on any atom is -0.457 e. The molecule has 2 aromatic heterocycles. The number of hydrogen-bond donors (Lipinski definition) is 0. The fourth-order valence-corrected chi connectivity index (χ4v) is 3.10. The van der Waals surface area contributed by atoms with Gasteiger partial charge in [-0.1, -0.05) is 42.5 Å². The minimum atomic E-state index is -4.76. The summed E-state index contributed by atoms with van der Waals surface area (Å²) in [5, 5.41) is 14.8. The first kappa shape index (κ1) is 21.0. The first-order valence-electron chi connectivity index (χ1n) is 9.16. The van der Waals surface area contributed by atoms with Crippen LogP contribution in [0.2, 0.25) is 0 Å². The van der Waals surface area contributed by atoms with Crippen molar-refractivity contribution in [2.75, 3.05) is 0 Å². The molecule has 0 amide bonds. The molecular weight excluding hydrogens is 429 g/mol. The first-order chi connectivity index (χ1) is 15.3. The lowest BCUT2D eigenvalue weighted by Crippen LogP contribution is -2.14. The molecule has 162 valence electrons. The van der Waals surface area contributed by atoms with E-state index < -0.39 is 29.4 Å². The number of para-hydroxylation sites is 1. The summed E-state index contributed by atoms with van der Waals surface area (Å²) in [7, 11) is 0. The summed E-state index contributed by atoms with van der Waals surface area (Å²) in [6.07, 6.45) is -3.84. The van der Waals surface area contributed by atoms with E-state index in [4.69, 9.17) is 4.74 Å². The highest BCUT2D eigenvalue weighted by atomic mass is 19.4. The maximum Gasteiger partial charge on any atom is 0.433 e. The number of carbonyl (C=O) groups is 1. The second-order valence-corrected chi connectivity index (χ2v) is 6.65. The van der Waals surface area contributed by atoms with E-state index in [-0.39, 0.29) is 28.2 Å². The molecule has 0 saturated carbocycles. The Morgan fingerprint density at radius 3 is 2.47 bits per heavy atom. The molecule has 32 heavy (non-hydrogen) atoms. The molecule has 11 heteroatoms. The van der Waals surface area contributed by atoms with Gasteiger partial charge in [0.2, 0.25) is 0 Å². The number of nitro benzene ring substituents is 1. The van der Waals surface area contributed by atoms with Gasteiger partial charge >= 0.3 is 12.1 Å². The van der Waals surface area contributed by atoms with Gasteiger partial charge in [-0.2, -0.15) is 18.3 Å². The van der Waals surface area contributed by atoms with E-state index >= 15 is 0 Å². The molecule has 4 rings (SSSR count). The van der Waals surface area contributed by atoms with Gasteiger partial charge in [0.15, 0.2) is 11.3 Å². The molecule has 0 radical (unpaired) electrons. The van der Waals surface area contributed by atoms with Crippen molar-refractivity contribution in [1.82, 2.24) is 14.6 Å². The molecule has 2 heterocycles. The lowest BCUT2D eigenvalue weighted by Gasteiger charge is -2.11. The third-order valence-electron chi connectivity index (χ3n) is 4.60. The van der Waals surface area contributed by atoms with E-state index in [0.29, 0.717) is 10.1 Å². The maximum atomic E-state index is 13.6. The van der Waals surface area contributed by atoms with Crippen LogP contribution in [0.15, 0.2) is 66.9 Å². The Balaban J connectivity index is 1.73. The smallest absolute Gasteiger partial charge is 0.433 e. The molecule has 0 fully saturated rings. The topological polar surface area (TPSA) is 99.6 Å². The SMILES string of the molecule is O=C(OCc1ccccc1[N+](=O)[O-])c1cnn2c(C(F)(F)F)cc(-c3ccccc3)nc12. The summed E-state index contributed by atoms with van der Waals surface area (Å²) in [6.45, 7) is -0.447. The second kappa shape index (κ2) is 8.10. The highest BCUT2D eigenvalue weighted by Gasteiger charge is 2.36. The number of nitrogens with zero attached hydrogens (tertiary/aromatic N) is 4. The standard InChI is InChI=1S/C21H13F3N4O4/c22-21(23,24)18-10-16(13-6-2-1-3-7-13)26-19-15(11-25-27(18)19)20(29)32-12-14-8-4-5-9-17(14)28(30)31/h1-11H,12H2. The van der Waals surface area contributed by atoms with Gasteiger partial charge in [-0.3, -0.25) is 10.1 Å². The van der Waals surface area contributed by atoms with Crippen LogP contribution in [0.5, 0.6) is 0 Å². The molecule has 8 nitrogen and oxygen atoms in total. The summed E-state index contributed by atoms with van der Waals surface area (Å²) in [4.78, 5) is 27.3. The molecule has 0 aliphatic carbocycles. The Labute approximate surface area is 178 Å². The molecule has 2 aromatic carbocycles. The summed E-state index contributed by atoms with van der Waals surface area (Å²) >= 11 is 0. The fourth-order valence-electron chi connectivity index (χ4n) is 3.10. The molecule has 0 aliphatic rings. The van der Waals surface area contributed by atoms with Crippen molar-refractivity contribution >= 4 is 17.3 Å². The third-order valence-corrected chi connectivity index (χ3v) is 4.60. The molecular formula is C21H13F3N4O4. The molecule has 0 N–H and O–H groups in total. The van der Waals surface area contributed by atoms with Gasteiger partial charge in [0.1, 0.15) is 12.2 Å². The van der Waals surface area contributed by atoms with Crippen molar-refractivity contribution < 1.29 is 27.6 Å². The van der Waals surface area contributed by atoms with Gasteiger partial charge in [0.05, 0.1) is 22.4 Å². The quantitative estimate of drug-likeness (QED) is 0.253. The number of halogens is 3. The van der Waals surface area contributed by atoms with Gasteiger partial charge in [-0.15, -0.1) is 0 Å². The lowest BCUT2D eigenvalue weighted by atomic mass is 10.1. The number of ether oxygens (including phenoxy) is 1. The van der Waals surface area contributed by atoms with Crippen molar-refractivity contribution in [2.24, 2.45) is 0 Å². The van der Waals surface area contributed by atoms with E-state index in [2.05, 4.69) is 10.1 Å². The van der Waals surface area contributed by atoms with Crippen molar-refractivity contribution in [3.8, 4) is 11.3 Å². The molecule has 0 bridgehead atoms. The zero-order valence-corrected chi connectivity index (χ0v) is 16.1. The number of aromatic nitrogens is 3. The number of hydrogen-bond acceptors (Lipinski definition) is 6. The van der Waals surface area contributed by atoms with Crippen LogP contribution in [0.25, 0.3) is 16.9 Å². The summed E-state index contributed by atoms with van der Waals surface area (Å²) in [5.41, 5.74) is -1.45. The first-order valence-corrected chi connectivity index (χ1v) is 9.16. The van der Waals surface area contributed by atoms with E-state index in [1.54, 1.807) is 30.3 Å². The predicted octanol–water partition coefficient (Wildman–Crippen LogP) is 4.68. The average Bonchev–Trinajstić information content (AvgIpc) is 3.21. The van der Waals surface area contributed by atoms with Crippen LogP contribution in [0, 0.1) is 10.1 Å². The van der Waals surface area contributed by atoms with E-state index in [1.165, 1.54) is 24.3 Å². The number of benzene rings is 2. The van der Waals surface area contributed by atoms with Crippen molar-refractivity contribution in [3.05, 3.63) is 93.8 Å². The van der Waals surface area contributed by atoms with Crippen molar-refractivity contribution in [3.63, 3.8) is 0 Å². The Hall–Kier alpha value is -4.28. The average molecular weight is 442 g/mol. The van der Waals surface area contributed by atoms with Gasteiger partial charge in [0.25, 0.3) is 5.69 Å². The van der Waals surface area contributed by atoms with E-state index in [0.717, 1.165) is 12.3 Å². The van der Waals surface area contributed by atoms with Crippen LogP contribution < -0.4 is 0 Å². The summed E-state index contributed by atoms with van der Waals surface area (Å²) < 4.78 is 46.6. The zero-order valence-electron chi connectivity index (χ0n) is 16.1.